The van der Waals surface area contributed by atoms with Crippen LogP contribution in [0.3, 0.4) is 0 Å². The van der Waals surface area contributed by atoms with Crippen molar-refractivity contribution in [3.8, 4) is 0 Å². The van der Waals surface area contributed by atoms with Gasteiger partial charge in [0.25, 0.3) is 0 Å². The number of aliphatic hydroxyl groups excluding tert-OH is 1. The fourth-order valence-corrected chi connectivity index (χ4v) is 4.91. The second kappa shape index (κ2) is 6.25. The van der Waals surface area contributed by atoms with Crippen molar-refractivity contribution in [1.82, 2.24) is 10.2 Å². The summed E-state index contributed by atoms with van der Waals surface area (Å²) in [6, 6.07) is 0. The molecule has 0 aromatic carbocycles. The SMILES string of the molecule is CN1CCC(CCO)(NC(=O)CC2CC3CCC2C3)CC1. The van der Waals surface area contributed by atoms with E-state index in [1.165, 1.54) is 25.7 Å². The minimum Gasteiger partial charge on any atom is -0.396 e. The van der Waals surface area contributed by atoms with Crippen molar-refractivity contribution in [2.24, 2.45) is 17.8 Å². The van der Waals surface area contributed by atoms with Gasteiger partial charge in [0.1, 0.15) is 0 Å². The highest BCUT2D eigenvalue weighted by Gasteiger charge is 2.41. The van der Waals surface area contributed by atoms with Crippen LogP contribution in [0.2, 0.25) is 0 Å². The summed E-state index contributed by atoms with van der Waals surface area (Å²) in [6.07, 6.45) is 8.71. The first kappa shape index (κ1) is 15.3. The Hall–Kier alpha value is -0.610. The number of carbonyl (C=O) groups is 1. The van der Waals surface area contributed by atoms with E-state index in [0.29, 0.717) is 18.8 Å². The molecular weight excluding hydrogens is 264 g/mol. The first-order valence-corrected chi connectivity index (χ1v) is 8.71. The van der Waals surface area contributed by atoms with Gasteiger partial charge >= 0.3 is 0 Å². The van der Waals surface area contributed by atoms with Crippen LogP contribution in [0, 0.1) is 17.8 Å². The van der Waals surface area contributed by atoms with Crippen molar-refractivity contribution < 1.29 is 9.90 Å². The molecule has 1 heterocycles. The number of fused-ring (bicyclic) bond motifs is 2. The molecule has 3 fully saturated rings. The summed E-state index contributed by atoms with van der Waals surface area (Å²) in [4.78, 5) is 14.8. The van der Waals surface area contributed by atoms with Gasteiger partial charge in [-0.1, -0.05) is 6.42 Å². The maximum absolute atomic E-state index is 12.5. The lowest BCUT2D eigenvalue weighted by molar-refractivity contribution is -0.125. The Morgan fingerprint density at radius 2 is 2.05 bits per heavy atom. The molecule has 2 aliphatic carbocycles. The van der Waals surface area contributed by atoms with E-state index in [1.807, 2.05) is 0 Å². The molecule has 0 aromatic rings. The average molecular weight is 294 g/mol. The van der Waals surface area contributed by atoms with Crippen LogP contribution in [-0.2, 0) is 4.79 Å². The largest absolute Gasteiger partial charge is 0.396 e. The molecule has 2 N–H and O–H groups in total. The Morgan fingerprint density at radius 3 is 2.62 bits per heavy atom. The molecule has 2 bridgehead atoms. The Bertz CT molecular complexity index is 377. The van der Waals surface area contributed by atoms with Crippen molar-refractivity contribution >= 4 is 5.91 Å². The molecule has 0 aromatic heterocycles. The second-order valence-corrected chi connectivity index (χ2v) is 7.74. The fraction of sp³-hybridized carbons (Fsp3) is 0.941. The number of hydrogen-bond acceptors (Lipinski definition) is 3. The summed E-state index contributed by atoms with van der Waals surface area (Å²) in [7, 11) is 2.12. The summed E-state index contributed by atoms with van der Waals surface area (Å²) in [5.41, 5.74) is -0.157. The number of aliphatic hydroxyl groups is 1. The van der Waals surface area contributed by atoms with Gasteiger partial charge in [0.2, 0.25) is 5.91 Å². The molecule has 3 rings (SSSR count). The number of likely N-dealkylation sites (tertiary alicyclic amines) is 1. The Morgan fingerprint density at radius 1 is 1.29 bits per heavy atom. The lowest BCUT2D eigenvalue weighted by atomic mass is 9.83. The van der Waals surface area contributed by atoms with E-state index in [2.05, 4.69) is 17.3 Å². The van der Waals surface area contributed by atoms with Gasteiger partial charge in [0.15, 0.2) is 0 Å². The molecular formula is C17H30N2O2. The highest BCUT2D eigenvalue weighted by molar-refractivity contribution is 5.77. The van der Waals surface area contributed by atoms with Gasteiger partial charge in [-0.05, 0) is 63.3 Å². The van der Waals surface area contributed by atoms with E-state index in [0.717, 1.165) is 37.8 Å². The molecule has 1 amide bonds. The molecule has 4 nitrogen and oxygen atoms in total. The number of carbonyl (C=O) groups excluding carboxylic acids is 1. The van der Waals surface area contributed by atoms with Crippen LogP contribution in [0.25, 0.3) is 0 Å². The first-order valence-electron chi connectivity index (χ1n) is 8.71. The van der Waals surface area contributed by atoms with Crippen molar-refractivity contribution in [1.29, 1.82) is 0 Å². The maximum Gasteiger partial charge on any atom is 0.220 e. The van der Waals surface area contributed by atoms with Gasteiger partial charge in [0, 0.05) is 31.7 Å². The zero-order chi connectivity index (χ0) is 14.9. The molecule has 0 radical (unpaired) electrons. The van der Waals surface area contributed by atoms with E-state index < -0.39 is 0 Å². The standard InChI is InChI=1S/C17H30N2O2/c1-19-7-4-17(5-8-19,6-9-20)18-16(21)12-15-11-13-2-3-14(15)10-13/h13-15,20H,2-12H2,1H3,(H,18,21). The molecule has 3 unspecified atom stereocenters. The summed E-state index contributed by atoms with van der Waals surface area (Å²) in [5.74, 6) is 2.57. The third-order valence-corrected chi connectivity index (χ3v) is 6.27. The number of hydrogen-bond donors (Lipinski definition) is 2. The van der Waals surface area contributed by atoms with Gasteiger partial charge in [-0.15, -0.1) is 0 Å². The van der Waals surface area contributed by atoms with Gasteiger partial charge < -0.3 is 15.3 Å². The fourth-order valence-electron chi connectivity index (χ4n) is 4.91. The van der Waals surface area contributed by atoms with E-state index >= 15 is 0 Å². The van der Waals surface area contributed by atoms with Gasteiger partial charge in [-0.2, -0.15) is 0 Å². The van der Waals surface area contributed by atoms with Crippen LogP contribution in [0.5, 0.6) is 0 Å². The van der Waals surface area contributed by atoms with Crippen molar-refractivity contribution in [2.45, 2.75) is 56.9 Å². The van der Waals surface area contributed by atoms with E-state index in [1.54, 1.807) is 0 Å². The molecule has 3 aliphatic rings. The highest BCUT2D eigenvalue weighted by atomic mass is 16.3. The molecule has 3 atom stereocenters. The zero-order valence-corrected chi connectivity index (χ0v) is 13.3. The normalized spacial score (nSPS) is 35.0. The van der Waals surface area contributed by atoms with Crippen molar-refractivity contribution in [2.75, 3.05) is 26.7 Å². The smallest absolute Gasteiger partial charge is 0.220 e. The van der Waals surface area contributed by atoms with Gasteiger partial charge in [0.05, 0.1) is 0 Å². The number of amides is 1. The van der Waals surface area contributed by atoms with Crippen LogP contribution < -0.4 is 5.32 Å². The Kier molecular flexibility index (Phi) is 4.55. The van der Waals surface area contributed by atoms with E-state index in [4.69, 9.17) is 0 Å². The predicted octanol–water partition coefficient (Wildman–Crippen LogP) is 1.78. The number of rotatable bonds is 5. The van der Waals surface area contributed by atoms with E-state index in [9.17, 15) is 9.90 Å². The van der Waals surface area contributed by atoms with Gasteiger partial charge in [-0.25, -0.2) is 0 Å². The van der Waals surface area contributed by atoms with Gasteiger partial charge in [-0.3, -0.25) is 4.79 Å². The van der Waals surface area contributed by atoms with Crippen LogP contribution in [0.15, 0.2) is 0 Å². The second-order valence-electron chi connectivity index (χ2n) is 7.74. The third-order valence-electron chi connectivity index (χ3n) is 6.27. The number of piperidine rings is 1. The molecule has 2 saturated carbocycles. The minimum atomic E-state index is -0.157. The topological polar surface area (TPSA) is 52.6 Å². The van der Waals surface area contributed by atoms with Crippen LogP contribution >= 0.6 is 0 Å². The summed E-state index contributed by atoms with van der Waals surface area (Å²) >= 11 is 0. The van der Waals surface area contributed by atoms with E-state index in [-0.39, 0.29) is 18.1 Å². The molecule has 4 heteroatoms. The molecule has 0 spiro atoms. The van der Waals surface area contributed by atoms with Crippen LogP contribution in [0.4, 0.5) is 0 Å². The molecule has 1 aliphatic heterocycles. The first-order chi connectivity index (χ1) is 10.1. The zero-order valence-electron chi connectivity index (χ0n) is 13.3. The summed E-state index contributed by atoms with van der Waals surface area (Å²) in [6.45, 7) is 2.18. The Labute approximate surface area is 128 Å². The lowest BCUT2D eigenvalue weighted by Crippen LogP contribution is -2.55. The number of nitrogens with zero attached hydrogens (tertiary/aromatic N) is 1. The van der Waals surface area contributed by atoms with Crippen LogP contribution in [0.1, 0.15) is 51.4 Å². The van der Waals surface area contributed by atoms with Crippen molar-refractivity contribution in [3.05, 3.63) is 0 Å². The lowest BCUT2D eigenvalue weighted by Gasteiger charge is -2.41. The molecule has 21 heavy (non-hydrogen) atoms. The summed E-state index contributed by atoms with van der Waals surface area (Å²) < 4.78 is 0. The predicted molar refractivity (Wildman–Crippen MR) is 82.9 cm³/mol. The molecule has 120 valence electrons. The number of nitrogens with one attached hydrogen (secondary N) is 1. The quantitative estimate of drug-likeness (QED) is 0.812. The monoisotopic (exact) mass is 294 g/mol. The molecule has 1 saturated heterocycles. The third kappa shape index (κ3) is 3.42. The summed E-state index contributed by atoms with van der Waals surface area (Å²) in [5, 5.41) is 12.7. The van der Waals surface area contributed by atoms with Crippen molar-refractivity contribution in [3.63, 3.8) is 0 Å². The maximum atomic E-state index is 12.5. The minimum absolute atomic E-state index is 0.157. The Balaban J connectivity index is 1.54. The highest BCUT2D eigenvalue weighted by Crippen LogP contribution is 2.49. The average Bonchev–Trinajstić information content (AvgIpc) is 3.05. The van der Waals surface area contributed by atoms with Crippen LogP contribution in [-0.4, -0.2) is 48.2 Å².